The minimum atomic E-state index is -1.21. The summed E-state index contributed by atoms with van der Waals surface area (Å²) in [5.74, 6) is -1.21. The lowest BCUT2D eigenvalue weighted by atomic mass is 10.2. The molecule has 5 heteroatoms. The summed E-state index contributed by atoms with van der Waals surface area (Å²) >= 11 is 0. The van der Waals surface area contributed by atoms with Gasteiger partial charge < -0.3 is 24.1 Å². The van der Waals surface area contributed by atoms with Crippen LogP contribution >= 0.6 is 0 Å². The van der Waals surface area contributed by atoms with Crippen molar-refractivity contribution in [2.75, 3.05) is 13.7 Å². The molecule has 1 rings (SSSR count). The topological polar surface area (TPSA) is 57.2 Å². The zero-order chi connectivity index (χ0) is 12.9. The third-order valence-corrected chi connectivity index (χ3v) is 2.50. The predicted molar refractivity (Wildman–Crippen MR) is 62.3 cm³/mol. The zero-order valence-corrected chi connectivity index (χ0v) is 11.1. The van der Waals surface area contributed by atoms with E-state index in [0.29, 0.717) is 13.0 Å². The third kappa shape index (κ3) is 5.31. The van der Waals surface area contributed by atoms with Gasteiger partial charge in [0.25, 0.3) is 0 Å². The first-order valence-electron chi connectivity index (χ1n) is 6.16. The highest BCUT2D eigenvalue weighted by Gasteiger charge is 2.38. The van der Waals surface area contributed by atoms with Gasteiger partial charge in [0.05, 0.1) is 0 Å². The van der Waals surface area contributed by atoms with Crippen molar-refractivity contribution in [2.45, 2.75) is 64.5 Å². The van der Waals surface area contributed by atoms with Gasteiger partial charge in [-0.15, -0.1) is 0 Å². The van der Waals surface area contributed by atoms with Crippen LogP contribution in [0, 0.1) is 0 Å². The van der Waals surface area contributed by atoms with Crippen molar-refractivity contribution in [3.8, 4) is 0 Å². The lowest BCUT2D eigenvalue weighted by Gasteiger charge is -2.22. The summed E-state index contributed by atoms with van der Waals surface area (Å²) < 4.78 is 21.7. The number of unbranched alkanes of at least 4 members (excludes halogenated alkanes) is 1. The molecular formula is C12H24O5. The minimum Gasteiger partial charge on any atom is -0.373 e. The molecule has 102 valence electrons. The number of rotatable bonds is 7. The first kappa shape index (κ1) is 14.9. The van der Waals surface area contributed by atoms with Crippen molar-refractivity contribution in [1.82, 2.24) is 0 Å². The van der Waals surface area contributed by atoms with Crippen LogP contribution < -0.4 is 0 Å². The predicted octanol–water partition coefficient (Wildman–Crippen LogP) is 1.64. The van der Waals surface area contributed by atoms with Gasteiger partial charge in [-0.25, -0.2) is 0 Å². The van der Waals surface area contributed by atoms with E-state index in [1.807, 2.05) is 0 Å². The van der Waals surface area contributed by atoms with Crippen LogP contribution in [-0.2, 0) is 18.9 Å². The van der Waals surface area contributed by atoms with Gasteiger partial charge >= 0.3 is 0 Å². The molecule has 0 aromatic heterocycles. The van der Waals surface area contributed by atoms with Crippen molar-refractivity contribution in [3.63, 3.8) is 0 Å². The Morgan fingerprint density at radius 2 is 2.12 bits per heavy atom. The molecule has 0 saturated carbocycles. The number of aliphatic hydroxyl groups is 1. The number of methoxy groups -OCH3 is 1. The maximum absolute atomic E-state index is 9.55. The molecule has 3 atom stereocenters. The van der Waals surface area contributed by atoms with E-state index in [4.69, 9.17) is 18.9 Å². The van der Waals surface area contributed by atoms with Crippen LogP contribution in [0.4, 0.5) is 0 Å². The summed E-state index contributed by atoms with van der Waals surface area (Å²) in [6.07, 6.45) is 1.66. The van der Waals surface area contributed by atoms with Gasteiger partial charge in [0, 0.05) is 20.1 Å². The first-order valence-corrected chi connectivity index (χ1v) is 6.16. The lowest BCUT2D eigenvalue weighted by Crippen LogP contribution is -2.30. The molecule has 1 saturated heterocycles. The average molecular weight is 248 g/mol. The highest BCUT2D eigenvalue weighted by atomic mass is 16.8. The highest BCUT2D eigenvalue weighted by Crippen LogP contribution is 2.27. The van der Waals surface area contributed by atoms with Crippen LogP contribution in [0.5, 0.6) is 0 Å². The van der Waals surface area contributed by atoms with Crippen molar-refractivity contribution < 1.29 is 24.1 Å². The molecule has 0 aromatic carbocycles. The molecule has 1 N–H and O–H groups in total. The van der Waals surface area contributed by atoms with Gasteiger partial charge in [0.15, 0.2) is 18.4 Å². The summed E-state index contributed by atoms with van der Waals surface area (Å²) in [5, 5.41) is 9.55. The highest BCUT2D eigenvalue weighted by molar-refractivity contribution is 4.74. The van der Waals surface area contributed by atoms with Gasteiger partial charge in [0.2, 0.25) is 0 Å². The molecule has 5 nitrogen and oxygen atoms in total. The van der Waals surface area contributed by atoms with Crippen LogP contribution in [0.25, 0.3) is 0 Å². The van der Waals surface area contributed by atoms with E-state index in [9.17, 15) is 5.11 Å². The number of hydrogen-bond acceptors (Lipinski definition) is 5. The van der Waals surface area contributed by atoms with Crippen molar-refractivity contribution in [3.05, 3.63) is 0 Å². The Balaban J connectivity index is 2.38. The van der Waals surface area contributed by atoms with Gasteiger partial charge in [-0.05, 0) is 20.3 Å². The molecule has 0 bridgehead atoms. The summed E-state index contributed by atoms with van der Waals surface area (Å²) in [6.45, 7) is 5.95. The van der Waals surface area contributed by atoms with Gasteiger partial charge in [0.1, 0.15) is 6.10 Å². The Morgan fingerprint density at radius 3 is 2.65 bits per heavy atom. The van der Waals surface area contributed by atoms with E-state index in [-0.39, 0.29) is 6.10 Å². The van der Waals surface area contributed by atoms with E-state index < -0.39 is 18.4 Å². The Kier molecular flexibility index (Phi) is 5.82. The second kappa shape index (κ2) is 6.66. The lowest BCUT2D eigenvalue weighted by molar-refractivity contribution is -0.289. The Bertz CT molecular complexity index is 213. The molecule has 0 amide bonds. The zero-order valence-electron chi connectivity index (χ0n) is 11.1. The molecule has 0 radical (unpaired) electrons. The molecule has 2 unspecified atom stereocenters. The smallest absolute Gasteiger partial charge is 0.186 e. The van der Waals surface area contributed by atoms with E-state index >= 15 is 0 Å². The summed E-state index contributed by atoms with van der Waals surface area (Å²) in [5.41, 5.74) is 0. The maximum Gasteiger partial charge on any atom is 0.186 e. The van der Waals surface area contributed by atoms with E-state index in [2.05, 4.69) is 6.92 Å². The monoisotopic (exact) mass is 248 g/mol. The standard InChI is InChI=1S/C12H24O5/c1-5-6-7-15-9-8-10(16-11(9)14-4)17-12(2,3)13/h9-11,13H,5-8H2,1-4H3/t9?,10-,11?/m1/s1. The van der Waals surface area contributed by atoms with E-state index in [0.717, 1.165) is 12.8 Å². The summed E-state index contributed by atoms with van der Waals surface area (Å²) in [6, 6.07) is 0. The quantitative estimate of drug-likeness (QED) is 0.548. The van der Waals surface area contributed by atoms with E-state index in [1.54, 1.807) is 21.0 Å². The van der Waals surface area contributed by atoms with Crippen molar-refractivity contribution >= 4 is 0 Å². The van der Waals surface area contributed by atoms with Gasteiger partial charge in [-0.1, -0.05) is 13.3 Å². The van der Waals surface area contributed by atoms with Gasteiger partial charge in [-0.2, -0.15) is 0 Å². The van der Waals surface area contributed by atoms with Crippen LogP contribution in [-0.4, -0.2) is 43.3 Å². The Labute approximate surface area is 103 Å². The second-order valence-electron chi connectivity index (χ2n) is 4.73. The van der Waals surface area contributed by atoms with Crippen LogP contribution in [0.15, 0.2) is 0 Å². The molecular weight excluding hydrogens is 224 g/mol. The molecule has 1 aliphatic rings. The molecule has 1 fully saturated rings. The Morgan fingerprint density at radius 1 is 1.41 bits per heavy atom. The fourth-order valence-corrected chi connectivity index (χ4v) is 1.72. The van der Waals surface area contributed by atoms with Crippen molar-refractivity contribution in [2.24, 2.45) is 0 Å². The number of ether oxygens (including phenoxy) is 4. The van der Waals surface area contributed by atoms with Crippen LogP contribution in [0.2, 0.25) is 0 Å². The number of hydrogen-bond donors (Lipinski definition) is 1. The largest absolute Gasteiger partial charge is 0.373 e. The van der Waals surface area contributed by atoms with Crippen molar-refractivity contribution in [1.29, 1.82) is 0 Å². The van der Waals surface area contributed by atoms with Crippen LogP contribution in [0.3, 0.4) is 0 Å². The van der Waals surface area contributed by atoms with Gasteiger partial charge in [-0.3, -0.25) is 0 Å². The molecule has 1 aliphatic heterocycles. The molecule has 0 spiro atoms. The maximum atomic E-state index is 9.55. The fourth-order valence-electron chi connectivity index (χ4n) is 1.72. The first-order chi connectivity index (χ1) is 7.96. The second-order valence-corrected chi connectivity index (χ2v) is 4.73. The molecule has 0 aliphatic carbocycles. The Hall–Kier alpha value is -0.200. The summed E-state index contributed by atoms with van der Waals surface area (Å²) in [7, 11) is 1.58. The average Bonchev–Trinajstić information content (AvgIpc) is 2.58. The molecule has 17 heavy (non-hydrogen) atoms. The normalized spacial score (nSPS) is 29.8. The minimum absolute atomic E-state index is 0.126. The SMILES string of the molecule is CCCCOC1C[C@@H](OC(C)(C)O)OC1OC. The molecule has 0 aromatic rings. The summed E-state index contributed by atoms with van der Waals surface area (Å²) in [4.78, 5) is 0. The third-order valence-electron chi connectivity index (χ3n) is 2.50. The van der Waals surface area contributed by atoms with Crippen LogP contribution in [0.1, 0.15) is 40.0 Å². The van der Waals surface area contributed by atoms with E-state index in [1.165, 1.54) is 0 Å². The molecule has 1 heterocycles. The fraction of sp³-hybridized carbons (Fsp3) is 1.00.